The zero-order chi connectivity index (χ0) is 13.4. The van der Waals surface area contributed by atoms with Crippen LogP contribution in [0.4, 0.5) is 0 Å². The van der Waals surface area contributed by atoms with Gasteiger partial charge in [-0.1, -0.05) is 0 Å². The van der Waals surface area contributed by atoms with Gasteiger partial charge in [0.15, 0.2) is 0 Å². The number of nitriles is 1. The Kier molecular flexibility index (Phi) is 7.32. The van der Waals surface area contributed by atoms with Gasteiger partial charge in [0.1, 0.15) is 0 Å². The Labute approximate surface area is 120 Å². The summed E-state index contributed by atoms with van der Waals surface area (Å²) in [7, 11) is 0. The fourth-order valence-corrected chi connectivity index (χ4v) is 22.4. The quantitative estimate of drug-likeness (QED) is 0.598. The molecular weight excluding hydrogens is 345 g/mol. The standard InChI is InChI=1S/C5H2NS.C4H9.2C3H7.Sn/c6-4-5-2-1-3-7-5;1-3-4-2;2*1-3-2;/h1-2H;1,3-4H2,2H3;2*1,3H2,2H3;. The summed E-state index contributed by atoms with van der Waals surface area (Å²) in [4.78, 5) is 0.912. The summed E-state index contributed by atoms with van der Waals surface area (Å²) in [5, 5.41) is 9.04. The molecule has 100 valence electrons. The molecule has 0 N–H and O–H groups in total. The van der Waals surface area contributed by atoms with Gasteiger partial charge in [0.05, 0.1) is 0 Å². The Bertz CT molecular complexity index is 385. The van der Waals surface area contributed by atoms with Crippen LogP contribution in [0.3, 0.4) is 0 Å². The van der Waals surface area contributed by atoms with Gasteiger partial charge in [-0.15, -0.1) is 0 Å². The van der Waals surface area contributed by atoms with E-state index in [0.29, 0.717) is 0 Å². The molecule has 0 radical (unpaired) electrons. The average molecular weight is 370 g/mol. The number of nitrogens with zero attached hydrogens (tertiary/aromatic N) is 1. The van der Waals surface area contributed by atoms with E-state index in [1.54, 1.807) is 14.2 Å². The molecule has 1 aromatic rings. The second-order valence-electron chi connectivity index (χ2n) is 5.16. The van der Waals surface area contributed by atoms with Crippen LogP contribution in [0.25, 0.3) is 0 Å². The van der Waals surface area contributed by atoms with Crippen LogP contribution < -0.4 is 2.89 Å². The van der Waals surface area contributed by atoms with E-state index in [1.165, 1.54) is 39.0 Å². The van der Waals surface area contributed by atoms with Crippen molar-refractivity contribution in [1.29, 1.82) is 5.26 Å². The molecule has 18 heavy (non-hydrogen) atoms. The van der Waals surface area contributed by atoms with E-state index in [2.05, 4.69) is 32.9 Å². The predicted octanol–water partition coefficient (Wildman–Crippen LogP) is 4.90. The van der Waals surface area contributed by atoms with Crippen molar-refractivity contribution >= 4 is 32.6 Å². The third kappa shape index (κ3) is 3.99. The van der Waals surface area contributed by atoms with Crippen LogP contribution in [0.15, 0.2) is 12.1 Å². The number of hydrogen-bond donors (Lipinski definition) is 0. The molecule has 0 aliphatic heterocycles. The molecule has 0 amide bonds. The number of hydrogen-bond acceptors (Lipinski definition) is 2. The van der Waals surface area contributed by atoms with Crippen LogP contribution in [0.5, 0.6) is 0 Å². The first-order chi connectivity index (χ1) is 8.72. The normalized spacial score (nSPS) is 11.4. The van der Waals surface area contributed by atoms with Crippen molar-refractivity contribution in [2.24, 2.45) is 0 Å². The summed E-state index contributed by atoms with van der Waals surface area (Å²) in [5.74, 6) is 0. The van der Waals surface area contributed by atoms with E-state index in [9.17, 15) is 0 Å². The van der Waals surface area contributed by atoms with Gasteiger partial charge in [-0.05, 0) is 0 Å². The maximum atomic E-state index is 9.04. The van der Waals surface area contributed by atoms with E-state index in [0.717, 1.165) is 4.88 Å². The van der Waals surface area contributed by atoms with Crippen molar-refractivity contribution in [2.45, 2.75) is 59.8 Å². The SMILES string of the molecule is CCC[CH2][Sn]([CH2]CC)([CH2]CC)[c]1ccc(C#N)s1. The summed E-state index contributed by atoms with van der Waals surface area (Å²) in [5.41, 5.74) is 0. The molecule has 0 bridgehead atoms. The molecule has 0 saturated carbocycles. The van der Waals surface area contributed by atoms with E-state index in [-0.39, 0.29) is 0 Å². The average Bonchev–Trinajstić information content (AvgIpc) is 2.85. The summed E-state index contributed by atoms with van der Waals surface area (Å²) in [6.07, 6.45) is 5.33. The summed E-state index contributed by atoms with van der Waals surface area (Å²) in [6, 6.07) is 6.65. The monoisotopic (exact) mass is 371 g/mol. The Hall–Kier alpha value is -0.0113. The molecule has 0 aromatic carbocycles. The molecule has 0 spiro atoms. The number of unbranched alkanes of at least 4 members (excludes halogenated alkanes) is 1. The molecule has 0 unspecified atom stereocenters. The minimum absolute atomic E-state index is 0.912. The van der Waals surface area contributed by atoms with Crippen molar-refractivity contribution < 1.29 is 0 Å². The molecule has 1 aromatic heterocycles. The van der Waals surface area contributed by atoms with E-state index in [4.69, 9.17) is 5.26 Å². The van der Waals surface area contributed by atoms with Gasteiger partial charge in [0.2, 0.25) is 0 Å². The van der Waals surface area contributed by atoms with Crippen LogP contribution in [-0.4, -0.2) is 18.4 Å². The Balaban J connectivity index is 3.02. The van der Waals surface area contributed by atoms with Crippen molar-refractivity contribution in [2.75, 3.05) is 0 Å². The van der Waals surface area contributed by atoms with Crippen molar-refractivity contribution in [3.05, 3.63) is 17.0 Å². The Morgan fingerprint density at radius 2 is 1.72 bits per heavy atom. The van der Waals surface area contributed by atoms with Crippen molar-refractivity contribution in [1.82, 2.24) is 0 Å². The van der Waals surface area contributed by atoms with Crippen LogP contribution in [0.1, 0.15) is 51.3 Å². The Morgan fingerprint density at radius 3 is 2.17 bits per heavy atom. The first kappa shape index (κ1) is 16.0. The third-order valence-corrected chi connectivity index (χ3v) is 23.8. The van der Waals surface area contributed by atoms with Gasteiger partial charge < -0.3 is 0 Å². The van der Waals surface area contributed by atoms with E-state index < -0.39 is 18.4 Å². The topological polar surface area (TPSA) is 23.8 Å². The molecule has 3 heteroatoms. The van der Waals surface area contributed by atoms with Crippen LogP contribution in [0, 0.1) is 11.3 Å². The molecule has 0 aliphatic carbocycles. The Morgan fingerprint density at radius 1 is 1.06 bits per heavy atom. The van der Waals surface area contributed by atoms with Gasteiger partial charge in [0, 0.05) is 0 Å². The first-order valence-corrected chi connectivity index (χ1v) is 15.5. The predicted molar refractivity (Wildman–Crippen MR) is 84.3 cm³/mol. The molecular formula is C15H25NSSn. The second-order valence-corrected chi connectivity index (χ2v) is 20.4. The molecule has 0 saturated heterocycles. The van der Waals surface area contributed by atoms with Crippen LogP contribution >= 0.6 is 11.3 Å². The van der Waals surface area contributed by atoms with Crippen LogP contribution in [0.2, 0.25) is 13.3 Å². The fourth-order valence-electron chi connectivity index (χ4n) is 2.90. The van der Waals surface area contributed by atoms with Crippen LogP contribution in [-0.2, 0) is 0 Å². The van der Waals surface area contributed by atoms with Gasteiger partial charge in [-0.25, -0.2) is 0 Å². The van der Waals surface area contributed by atoms with Crippen molar-refractivity contribution in [3.63, 3.8) is 0 Å². The molecule has 0 aliphatic rings. The third-order valence-electron chi connectivity index (χ3n) is 3.70. The fraction of sp³-hybridized carbons (Fsp3) is 0.667. The molecule has 1 nitrogen and oxygen atoms in total. The zero-order valence-electron chi connectivity index (χ0n) is 12.0. The summed E-state index contributed by atoms with van der Waals surface area (Å²) < 4.78 is 6.07. The molecule has 1 rings (SSSR count). The van der Waals surface area contributed by atoms with Gasteiger partial charge >= 0.3 is 121 Å². The molecule has 1 heterocycles. The number of rotatable bonds is 8. The number of thiophene rings is 1. The molecule has 0 fully saturated rings. The first-order valence-electron chi connectivity index (χ1n) is 7.22. The van der Waals surface area contributed by atoms with Gasteiger partial charge in [-0.3, -0.25) is 0 Å². The van der Waals surface area contributed by atoms with E-state index in [1.807, 2.05) is 6.07 Å². The maximum absolute atomic E-state index is 9.04. The summed E-state index contributed by atoms with van der Waals surface area (Å²) in [6.45, 7) is 6.95. The van der Waals surface area contributed by atoms with E-state index >= 15 is 0 Å². The molecule has 0 atom stereocenters. The van der Waals surface area contributed by atoms with Gasteiger partial charge in [-0.2, -0.15) is 0 Å². The summed E-state index contributed by atoms with van der Waals surface area (Å²) >= 11 is -0.365. The second kappa shape index (κ2) is 8.22. The minimum atomic E-state index is -2.17. The van der Waals surface area contributed by atoms with Gasteiger partial charge in [0.25, 0.3) is 0 Å². The zero-order valence-corrected chi connectivity index (χ0v) is 15.6. The van der Waals surface area contributed by atoms with Crippen molar-refractivity contribution in [3.8, 4) is 6.07 Å².